The molecule has 1 amide bonds. The van der Waals surface area contributed by atoms with Gasteiger partial charge in [0.15, 0.2) is 0 Å². The lowest BCUT2D eigenvalue weighted by Crippen LogP contribution is -2.46. The van der Waals surface area contributed by atoms with Gasteiger partial charge in [-0.3, -0.25) is 0 Å². The maximum Gasteiger partial charge on any atom is 0.410 e. The minimum atomic E-state index is -0.489. The molecule has 2 rings (SSSR count). The molecule has 168 valence electrons. The van der Waals surface area contributed by atoms with Crippen LogP contribution in [-0.2, 0) is 9.47 Å². The van der Waals surface area contributed by atoms with Crippen LogP contribution in [0, 0.1) is 6.92 Å². The third-order valence-electron chi connectivity index (χ3n) is 5.74. The minimum absolute atomic E-state index is 0.184. The van der Waals surface area contributed by atoms with E-state index >= 15 is 0 Å². The van der Waals surface area contributed by atoms with Crippen molar-refractivity contribution in [3.63, 3.8) is 0 Å². The molecule has 0 radical (unpaired) electrons. The molecule has 0 aliphatic heterocycles. The smallest absolute Gasteiger partial charge is 0.410 e. The average Bonchev–Trinajstić information content (AvgIpc) is 2.68. The molecule has 0 aromatic heterocycles. The van der Waals surface area contributed by atoms with Crippen molar-refractivity contribution >= 4 is 33.7 Å². The van der Waals surface area contributed by atoms with Crippen LogP contribution in [0.15, 0.2) is 16.6 Å². The Balaban J connectivity index is 2.13. The molecule has 0 atom stereocenters. The molecule has 0 saturated heterocycles. The predicted octanol–water partition coefficient (Wildman–Crippen LogP) is 5.55. The molecular formula is C23H35BrN2O4. The van der Waals surface area contributed by atoms with E-state index in [-0.39, 0.29) is 18.1 Å². The summed E-state index contributed by atoms with van der Waals surface area (Å²) >= 11 is 3.54. The molecule has 0 spiro atoms. The average molecular weight is 483 g/mol. The van der Waals surface area contributed by atoms with Crippen molar-refractivity contribution in [1.29, 1.82) is 0 Å². The highest BCUT2D eigenvalue weighted by molar-refractivity contribution is 9.10. The maximum absolute atomic E-state index is 12.4. The van der Waals surface area contributed by atoms with Crippen molar-refractivity contribution in [2.45, 2.75) is 78.0 Å². The Morgan fingerprint density at radius 3 is 2.20 bits per heavy atom. The Morgan fingerprint density at radius 1 is 1.13 bits per heavy atom. The number of hydrogen-bond acceptors (Lipinski definition) is 5. The second-order valence-corrected chi connectivity index (χ2v) is 9.84. The molecule has 1 aliphatic carbocycles. The first-order chi connectivity index (χ1) is 14.0. The second-order valence-electron chi connectivity index (χ2n) is 8.93. The largest absolute Gasteiger partial charge is 0.465 e. The number of rotatable bonds is 5. The summed E-state index contributed by atoms with van der Waals surface area (Å²) in [4.78, 5) is 28.7. The highest BCUT2D eigenvalue weighted by atomic mass is 79.9. The van der Waals surface area contributed by atoms with Crippen molar-refractivity contribution in [2.75, 3.05) is 25.6 Å². The second kappa shape index (κ2) is 10.0. The summed E-state index contributed by atoms with van der Waals surface area (Å²) in [5.41, 5.74) is 2.08. The number of methoxy groups -OCH3 is 1. The Bertz CT molecular complexity index is 767. The molecule has 0 N–H and O–H groups in total. The minimum Gasteiger partial charge on any atom is -0.465 e. The van der Waals surface area contributed by atoms with Gasteiger partial charge in [0.25, 0.3) is 0 Å². The standard InChI is InChI=1S/C23H35BrN2O4/c1-8-26(20-14-16(24)13-19(15(20)2)21(27)29-7)18-11-9-17(10-12-18)25(6)22(28)30-23(3,4)5/h13-14,17-18H,8-12H2,1-7H3/t17-,18-. The van der Waals surface area contributed by atoms with Crippen LogP contribution in [0.2, 0.25) is 0 Å². The zero-order chi connectivity index (χ0) is 22.6. The van der Waals surface area contributed by atoms with Gasteiger partial charge in [-0.15, -0.1) is 0 Å². The lowest BCUT2D eigenvalue weighted by atomic mass is 9.88. The van der Waals surface area contributed by atoms with Gasteiger partial charge in [0, 0.05) is 35.8 Å². The van der Waals surface area contributed by atoms with Gasteiger partial charge >= 0.3 is 12.1 Å². The predicted molar refractivity (Wildman–Crippen MR) is 123 cm³/mol. The SMILES string of the molecule is CCN(c1cc(Br)cc(C(=O)OC)c1C)[C@H]1CC[C@H](N(C)C(=O)OC(C)(C)C)CC1. The third-order valence-corrected chi connectivity index (χ3v) is 6.19. The van der Waals surface area contributed by atoms with Crippen LogP contribution in [0.3, 0.4) is 0 Å². The van der Waals surface area contributed by atoms with E-state index in [1.165, 1.54) is 7.11 Å². The Morgan fingerprint density at radius 2 is 1.70 bits per heavy atom. The van der Waals surface area contributed by atoms with Crippen molar-refractivity contribution < 1.29 is 19.1 Å². The van der Waals surface area contributed by atoms with Crippen molar-refractivity contribution in [3.8, 4) is 0 Å². The molecule has 30 heavy (non-hydrogen) atoms. The highest BCUT2D eigenvalue weighted by Gasteiger charge is 2.32. The van der Waals surface area contributed by atoms with Gasteiger partial charge in [0.1, 0.15) is 5.60 Å². The summed E-state index contributed by atoms with van der Waals surface area (Å²) in [6.45, 7) is 10.6. The van der Waals surface area contributed by atoms with Gasteiger partial charge in [0.2, 0.25) is 0 Å². The first kappa shape index (κ1) is 24.5. The number of esters is 1. The van der Waals surface area contributed by atoms with Gasteiger partial charge in [-0.2, -0.15) is 0 Å². The van der Waals surface area contributed by atoms with Crippen molar-refractivity contribution in [1.82, 2.24) is 4.90 Å². The number of amides is 1. The van der Waals surface area contributed by atoms with Gasteiger partial charge in [-0.1, -0.05) is 15.9 Å². The van der Waals surface area contributed by atoms with Gasteiger partial charge in [-0.05, 0) is 78.0 Å². The Labute approximate surface area is 189 Å². The van der Waals surface area contributed by atoms with E-state index in [1.54, 1.807) is 4.90 Å². The van der Waals surface area contributed by atoms with Crippen LogP contribution in [0.5, 0.6) is 0 Å². The summed E-state index contributed by atoms with van der Waals surface area (Å²) in [6, 6.07) is 4.43. The zero-order valence-corrected chi connectivity index (χ0v) is 20.8. The number of ether oxygens (including phenoxy) is 2. The van der Waals surface area contributed by atoms with Crippen LogP contribution in [-0.4, -0.2) is 55.3 Å². The summed E-state index contributed by atoms with van der Waals surface area (Å²) in [6.07, 6.45) is 3.54. The Hall–Kier alpha value is -1.76. The number of nitrogens with zero attached hydrogens (tertiary/aromatic N) is 2. The van der Waals surface area contributed by atoms with E-state index < -0.39 is 5.60 Å². The first-order valence-corrected chi connectivity index (χ1v) is 11.4. The van der Waals surface area contributed by atoms with Crippen molar-refractivity contribution in [3.05, 3.63) is 27.7 Å². The topological polar surface area (TPSA) is 59.1 Å². The molecule has 1 aromatic carbocycles. The van der Waals surface area contributed by atoms with Gasteiger partial charge in [0.05, 0.1) is 12.7 Å². The molecular weight excluding hydrogens is 448 g/mol. The fourth-order valence-corrected chi connectivity index (χ4v) is 4.60. The van der Waals surface area contributed by atoms with Gasteiger partial charge in [-0.25, -0.2) is 9.59 Å². The van der Waals surface area contributed by atoms with Gasteiger partial charge < -0.3 is 19.3 Å². The van der Waals surface area contributed by atoms with Crippen LogP contribution in [0.4, 0.5) is 10.5 Å². The fourth-order valence-electron chi connectivity index (χ4n) is 4.15. The number of halogens is 1. The van der Waals surface area contributed by atoms with E-state index in [2.05, 4.69) is 33.8 Å². The third kappa shape index (κ3) is 5.90. The van der Waals surface area contributed by atoms with E-state index in [0.29, 0.717) is 11.6 Å². The first-order valence-electron chi connectivity index (χ1n) is 10.6. The summed E-state index contributed by atoms with van der Waals surface area (Å²) in [7, 11) is 3.24. The molecule has 6 nitrogen and oxygen atoms in total. The van der Waals surface area contributed by atoms with Crippen LogP contribution in [0.25, 0.3) is 0 Å². The maximum atomic E-state index is 12.4. The molecule has 0 unspecified atom stereocenters. The lowest BCUT2D eigenvalue weighted by molar-refractivity contribution is 0.0183. The summed E-state index contributed by atoms with van der Waals surface area (Å²) in [5, 5.41) is 0. The quantitative estimate of drug-likeness (QED) is 0.514. The Kier molecular flexibility index (Phi) is 8.20. The van der Waals surface area contributed by atoms with Crippen molar-refractivity contribution in [2.24, 2.45) is 0 Å². The number of carbonyl (C=O) groups excluding carboxylic acids is 2. The molecule has 0 bridgehead atoms. The monoisotopic (exact) mass is 482 g/mol. The van der Waals surface area contributed by atoms with Crippen LogP contribution < -0.4 is 4.90 Å². The number of anilines is 1. The molecule has 1 fully saturated rings. The van der Waals surface area contributed by atoms with E-state index in [0.717, 1.165) is 48.0 Å². The summed E-state index contributed by atoms with van der Waals surface area (Å²) < 4.78 is 11.3. The van der Waals surface area contributed by atoms with Crippen LogP contribution in [0.1, 0.15) is 69.3 Å². The molecule has 1 aromatic rings. The van der Waals surface area contributed by atoms with E-state index in [1.807, 2.05) is 40.8 Å². The lowest BCUT2D eigenvalue weighted by Gasteiger charge is -2.41. The molecule has 1 aliphatic rings. The zero-order valence-electron chi connectivity index (χ0n) is 19.3. The van der Waals surface area contributed by atoms with E-state index in [9.17, 15) is 9.59 Å². The van der Waals surface area contributed by atoms with Crippen LogP contribution >= 0.6 is 15.9 Å². The molecule has 7 heteroatoms. The molecule has 1 saturated carbocycles. The van der Waals surface area contributed by atoms with E-state index in [4.69, 9.17) is 9.47 Å². The fraction of sp³-hybridized carbons (Fsp3) is 0.652. The number of carbonyl (C=O) groups is 2. The molecule has 0 heterocycles. The highest BCUT2D eigenvalue weighted by Crippen LogP contribution is 2.34. The normalized spacial score (nSPS) is 19.2. The number of hydrogen-bond donors (Lipinski definition) is 0. The summed E-state index contributed by atoms with van der Waals surface area (Å²) in [5.74, 6) is -0.325. The number of benzene rings is 1.